The van der Waals surface area contributed by atoms with Crippen LogP contribution in [0.25, 0.3) is 0 Å². The Hall–Kier alpha value is -3.40. The average molecular weight is 475 g/mol. The summed E-state index contributed by atoms with van der Waals surface area (Å²) in [6, 6.07) is 9.72. The largest absolute Gasteiger partial charge is 0.478 e. The van der Waals surface area contributed by atoms with Gasteiger partial charge in [0.2, 0.25) is 0 Å². The summed E-state index contributed by atoms with van der Waals surface area (Å²) in [5.74, 6) is -1.88. The number of aromatic carboxylic acids is 1. The zero-order chi connectivity index (χ0) is 24.3. The van der Waals surface area contributed by atoms with Crippen molar-refractivity contribution < 1.29 is 22.7 Å². The Bertz CT molecular complexity index is 1290. The maximum Gasteiger partial charge on any atom is 0.337 e. The Morgan fingerprint density at radius 1 is 1.18 bits per heavy atom. The lowest BCUT2D eigenvalue weighted by atomic mass is 10.1. The fraction of sp³-hybridized carbons (Fsp3) is 0.304. The van der Waals surface area contributed by atoms with Gasteiger partial charge in [-0.05, 0) is 62.2 Å². The molecule has 0 unspecified atom stereocenters. The first kappa shape index (κ1) is 24.2. The molecule has 0 atom stereocenters. The number of carbonyl (C=O) groups is 1. The molecule has 0 saturated carbocycles. The number of nitrogens with zero attached hydrogens (tertiary/aromatic N) is 3. The highest BCUT2D eigenvalue weighted by atomic mass is 32.2. The number of hydrogen-bond acceptors (Lipinski definition) is 5. The van der Waals surface area contributed by atoms with Crippen molar-refractivity contribution >= 4 is 27.4 Å². The minimum Gasteiger partial charge on any atom is -0.478 e. The van der Waals surface area contributed by atoms with Crippen LogP contribution in [0.4, 0.5) is 15.8 Å². The van der Waals surface area contributed by atoms with Gasteiger partial charge in [-0.25, -0.2) is 17.6 Å². The number of carboxylic acid groups (broad SMARTS) is 1. The van der Waals surface area contributed by atoms with Crippen LogP contribution < -0.4 is 9.62 Å². The van der Waals surface area contributed by atoms with Gasteiger partial charge in [-0.2, -0.15) is 5.10 Å². The molecule has 0 fully saturated rings. The van der Waals surface area contributed by atoms with Crippen LogP contribution >= 0.6 is 0 Å². The normalized spacial score (nSPS) is 11.4. The van der Waals surface area contributed by atoms with Gasteiger partial charge in [-0.3, -0.25) is 9.40 Å². The van der Waals surface area contributed by atoms with Crippen LogP contribution in [0.5, 0.6) is 0 Å². The molecule has 176 valence electrons. The summed E-state index contributed by atoms with van der Waals surface area (Å²) in [5, 5.41) is 14.2. The van der Waals surface area contributed by atoms with Crippen LogP contribution in [0.3, 0.4) is 0 Å². The summed E-state index contributed by atoms with van der Waals surface area (Å²) in [6.07, 6.45) is 0.915. The van der Waals surface area contributed by atoms with E-state index in [1.54, 1.807) is 24.9 Å². The lowest BCUT2D eigenvalue weighted by molar-refractivity contribution is 0.0697. The molecule has 0 amide bonds. The summed E-state index contributed by atoms with van der Waals surface area (Å²) < 4.78 is 43.4. The third kappa shape index (κ3) is 5.51. The van der Waals surface area contributed by atoms with Crippen molar-refractivity contribution in [3.63, 3.8) is 0 Å². The lowest BCUT2D eigenvalue weighted by Gasteiger charge is -2.22. The fourth-order valence-electron chi connectivity index (χ4n) is 3.64. The average Bonchev–Trinajstić information content (AvgIpc) is 3.08. The van der Waals surface area contributed by atoms with Crippen molar-refractivity contribution in [1.29, 1.82) is 0 Å². The first-order chi connectivity index (χ1) is 15.5. The smallest absolute Gasteiger partial charge is 0.337 e. The molecule has 2 N–H and O–H groups in total. The topological polar surface area (TPSA) is 105 Å². The monoisotopic (exact) mass is 474 g/mol. The Morgan fingerprint density at radius 2 is 1.91 bits per heavy atom. The predicted octanol–water partition coefficient (Wildman–Crippen LogP) is 4.18. The highest BCUT2D eigenvalue weighted by molar-refractivity contribution is 7.92. The van der Waals surface area contributed by atoms with Crippen molar-refractivity contribution in [2.24, 2.45) is 0 Å². The third-order valence-corrected chi connectivity index (χ3v) is 6.67. The van der Waals surface area contributed by atoms with Crippen molar-refractivity contribution in [1.82, 2.24) is 9.78 Å². The second-order valence-corrected chi connectivity index (χ2v) is 9.56. The van der Waals surface area contributed by atoms with Gasteiger partial charge < -0.3 is 10.0 Å². The summed E-state index contributed by atoms with van der Waals surface area (Å²) in [7, 11) is -2.34. The molecule has 0 radical (unpaired) electrons. The molecule has 0 aliphatic heterocycles. The summed E-state index contributed by atoms with van der Waals surface area (Å²) in [6.45, 7) is 6.69. The van der Waals surface area contributed by atoms with E-state index in [1.165, 1.54) is 24.3 Å². The van der Waals surface area contributed by atoms with E-state index in [9.17, 15) is 22.7 Å². The SMILES string of the molecule is CCCn1nc(C)cc1CN(C)c1ccc(NS(=O)(=O)c2cc(F)ccc2C)cc1C(=O)O. The number of aromatic nitrogens is 2. The number of hydrogen-bond donors (Lipinski definition) is 2. The van der Waals surface area contributed by atoms with E-state index < -0.39 is 21.8 Å². The molecule has 1 heterocycles. The van der Waals surface area contributed by atoms with Crippen LogP contribution in [0, 0.1) is 19.7 Å². The molecule has 0 bridgehead atoms. The van der Waals surface area contributed by atoms with Crippen LogP contribution in [0.1, 0.15) is 40.7 Å². The van der Waals surface area contributed by atoms with Crippen molar-refractivity contribution in [3.05, 3.63) is 70.8 Å². The van der Waals surface area contributed by atoms with Crippen LogP contribution in [-0.2, 0) is 23.1 Å². The number of anilines is 2. The van der Waals surface area contributed by atoms with E-state index in [-0.39, 0.29) is 16.1 Å². The van der Waals surface area contributed by atoms with E-state index in [4.69, 9.17) is 0 Å². The Labute approximate surface area is 192 Å². The molecule has 0 aliphatic rings. The molecule has 10 heteroatoms. The van der Waals surface area contributed by atoms with Gasteiger partial charge in [0.15, 0.2) is 0 Å². The molecule has 8 nitrogen and oxygen atoms in total. The molecule has 3 aromatic rings. The van der Waals surface area contributed by atoms with Gasteiger partial charge >= 0.3 is 5.97 Å². The molecule has 33 heavy (non-hydrogen) atoms. The van der Waals surface area contributed by atoms with Crippen molar-refractivity contribution in [3.8, 4) is 0 Å². The number of halogens is 1. The maximum absolute atomic E-state index is 13.6. The number of nitrogens with one attached hydrogen (secondary N) is 1. The highest BCUT2D eigenvalue weighted by Gasteiger charge is 2.21. The Kier molecular flexibility index (Phi) is 7.06. The molecule has 0 aliphatic carbocycles. The fourth-order valence-corrected chi connectivity index (χ4v) is 4.94. The number of aryl methyl sites for hydroxylation is 3. The van der Waals surface area contributed by atoms with Gasteiger partial charge in [0.1, 0.15) is 5.82 Å². The standard InChI is InChI=1S/C23H27FN4O4S/c1-5-10-28-19(11-16(3)25-28)14-27(4)21-9-8-18(13-20(21)23(29)30)26-33(31,32)22-12-17(24)7-6-15(22)2/h6-9,11-13,26H,5,10,14H2,1-4H3,(H,29,30). The van der Waals surface area contributed by atoms with Gasteiger partial charge in [0.05, 0.1) is 34.1 Å². The zero-order valence-electron chi connectivity index (χ0n) is 19.0. The van der Waals surface area contributed by atoms with Crippen molar-refractivity contribution in [2.45, 2.75) is 45.2 Å². The summed E-state index contributed by atoms with van der Waals surface area (Å²) >= 11 is 0. The molecular formula is C23H27FN4O4S. The number of carboxylic acids is 1. The van der Waals surface area contributed by atoms with Gasteiger partial charge in [0, 0.05) is 19.3 Å². The quantitative estimate of drug-likeness (QED) is 0.482. The zero-order valence-corrected chi connectivity index (χ0v) is 19.8. The second-order valence-electron chi connectivity index (χ2n) is 7.91. The Balaban J connectivity index is 1.91. The summed E-state index contributed by atoms with van der Waals surface area (Å²) in [4.78, 5) is 13.5. The molecule has 1 aromatic heterocycles. The highest BCUT2D eigenvalue weighted by Crippen LogP contribution is 2.27. The van der Waals surface area contributed by atoms with E-state index in [0.29, 0.717) is 17.8 Å². The lowest BCUT2D eigenvalue weighted by Crippen LogP contribution is -2.22. The number of sulfonamides is 1. The molecule has 3 rings (SSSR count). The van der Waals surface area contributed by atoms with Gasteiger partial charge in [-0.1, -0.05) is 13.0 Å². The van der Waals surface area contributed by atoms with E-state index >= 15 is 0 Å². The molecule has 0 spiro atoms. The summed E-state index contributed by atoms with van der Waals surface area (Å²) in [5.41, 5.74) is 2.63. The van der Waals surface area contributed by atoms with Gasteiger partial charge in [-0.15, -0.1) is 0 Å². The maximum atomic E-state index is 13.6. The van der Waals surface area contributed by atoms with Crippen LogP contribution in [-0.4, -0.2) is 36.3 Å². The first-order valence-electron chi connectivity index (χ1n) is 10.4. The minimum atomic E-state index is -4.11. The number of benzene rings is 2. The van der Waals surface area contributed by atoms with E-state index in [1.807, 2.05) is 17.7 Å². The number of rotatable bonds is 9. The molecule has 2 aromatic carbocycles. The molecular weight excluding hydrogens is 447 g/mol. The van der Waals surface area contributed by atoms with E-state index in [2.05, 4.69) is 16.7 Å². The van der Waals surface area contributed by atoms with Crippen LogP contribution in [0.2, 0.25) is 0 Å². The Morgan fingerprint density at radius 3 is 2.58 bits per heavy atom. The second kappa shape index (κ2) is 9.62. The van der Waals surface area contributed by atoms with Crippen LogP contribution in [0.15, 0.2) is 47.4 Å². The molecule has 0 saturated heterocycles. The minimum absolute atomic E-state index is 0.0630. The van der Waals surface area contributed by atoms with Gasteiger partial charge in [0.25, 0.3) is 10.0 Å². The first-order valence-corrected chi connectivity index (χ1v) is 11.9. The van der Waals surface area contributed by atoms with E-state index in [0.717, 1.165) is 30.4 Å². The predicted molar refractivity (Wildman–Crippen MR) is 125 cm³/mol. The van der Waals surface area contributed by atoms with Crippen molar-refractivity contribution in [2.75, 3.05) is 16.7 Å². The third-order valence-electron chi connectivity index (χ3n) is 5.15.